The maximum Gasteiger partial charge on any atom is 0.292 e. The van der Waals surface area contributed by atoms with Crippen molar-refractivity contribution in [3.63, 3.8) is 0 Å². The molecule has 0 saturated carbocycles. The molecule has 0 spiro atoms. The van der Waals surface area contributed by atoms with Crippen molar-refractivity contribution in [3.05, 3.63) is 70.1 Å². The molecule has 1 N–H and O–H groups in total. The van der Waals surface area contributed by atoms with Crippen LogP contribution in [0.4, 0.5) is 0 Å². The molecule has 0 aliphatic rings. The molecule has 7 heteroatoms. The molecule has 0 bridgehead atoms. The smallest absolute Gasteiger partial charge is 0.292 e. The van der Waals surface area contributed by atoms with Crippen LogP contribution in [-0.2, 0) is 0 Å². The fourth-order valence-corrected chi connectivity index (χ4v) is 2.66. The number of ether oxygens (including phenoxy) is 1. The molecule has 0 unspecified atom stereocenters. The van der Waals surface area contributed by atoms with E-state index in [9.17, 15) is 9.59 Å². The number of carbonyl (C=O) groups is 1. The minimum absolute atomic E-state index is 0.154. The quantitative estimate of drug-likeness (QED) is 0.557. The summed E-state index contributed by atoms with van der Waals surface area (Å²) in [5, 5.41) is 9.18. The first-order chi connectivity index (χ1) is 13.0. The van der Waals surface area contributed by atoms with E-state index in [2.05, 4.69) is 15.6 Å². The lowest BCUT2D eigenvalue weighted by atomic mass is 10.1. The standard InChI is InChI=1S/C20H20N4O3/c1-13(2)24-20(26)17-10-5-4-9-16(17)18(23-24)19(25)22-21-12-14-7-6-8-15(11-14)27-3/h4-13H,1-3H3,(H,22,25)/b21-12-. The number of hydrogen-bond donors (Lipinski definition) is 1. The second-order valence-corrected chi connectivity index (χ2v) is 6.21. The van der Waals surface area contributed by atoms with Gasteiger partial charge in [0.2, 0.25) is 0 Å². The molecule has 3 aromatic rings. The Balaban J connectivity index is 1.92. The molecule has 2 aromatic carbocycles. The number of hydrogen-bond acceptors (Lipinski definition) is 5. The lowest BCUT2D eigenvalue weighted by Gasteiger charge is -2.12. The van der Waals surface area contributed by atoms with E-state index in [1.807, 2.05) is 32.0 Å². The highest BCUT2D eigenvalue weighted by molar-refractivity contribution is 6.04. The fourth-order valence-electron chi connectivity index (χ4n) is 2.66. The molecule has 0 radical (unpaired) electrons. The second-order valence-electron chi connectivity index (χ2n) is 6.21. The maximum absolute atomic E-state index is 12.6. The number of hydrazone groups is 1. The summed E-state index contributed by atoms with van der Waals surface area (Å²) in [7, 11) is 1.58. The predicted molar refractivity (Wildman–Crippen MR) is 104 cm³/mol. The van der Waals surface area contributed by atoms with E-state index >= 15 is 0 Å². The van der Waals surface area contributed by atoms with Crippen LogP contribution in [0.15, 0.2) is 58.4 Å². The van der Waals surface area contributed by atoms with Crippen LogP contribution in [0.25, 0.3) is 10.8 Å². The van der Waals surface area contributed by atoms with Gasteiger partial charge in [0.05, 0.1) is 24.8 Å². The number of nitrogens with zero attached hydrogens (tertiary/aromatic N) is 3. The highest BCUT2D eigenvalue weighted by Crippen LogP contribution is 2.15. The fraction of sp³-hybridized carbons (Fsp3) is 0.200. The summed E-state index contributed by atoms with van der Waals surface area (Å²) in [5.41, 5.74) is 3.18. The molecule has 27 heavy (non-hydrogen) atoms. The summed E-state index contributed by atoms with van der Waals surface area (Å²) in [6.45, 7) is 3.68. The molecule has 0 aliphatic carbocycles. The lowest BCUT2D eigenvalue weighted by molar-refractivity contribution is 0.0949. The number of aromatic nitrogens is 2. The Labute approximate surface area is 156 Å². The van der Waals surface area contributed by atoms with Crippen LogP contribution in [-0.4, -0.2) is 29.0 Å². The maximum atomic E-state index is 12.6. The van der Waals surface area contributed by atoms with Crippen molar-refractivity contribution in [2.24, 2.45) is 5.10 Å². The van der Waals surface area contributed by atoms with Crippen molar-refractivity contribution in [1.82, 2.24) is 15.2 Å². The van der Waals surface area contributed by atoms with Gasteiger partial charge in [-0.25, -0.2) is 10.1 Å². The van der Waals surface area contributed by atoms with Crippen molar-refractivity contribution in [3.8, 4) is 5.75 Å². The minimum Gasteiger partial charge on any atom is -0.497 e. The molecule has 1 aromatic heterocycles. The number of methoxy groups -OCH3 is 1. The van der Waals surface area contributed by atoms with Crippen molar-refractivity contribution in [1.29, 1.82) is 0 Å². The van der Waals surface area contributed by atoms with Gasteiger partial charge in [0.1, 0.15) is 5.75 Å². The summed E-state index contributed by atoms with van der Waals surface area (Å²) >= 11 is 0. The Hall–Kier alpha value is -3.48. The third kappa shape index (κ3) is 3.87. The zero-order valence-electron chi connectivity index (χ0n) is 15.3. The summed E-state index contributed by atoms with van der Waals surface area (Å²) in [5.74, 6) is 0.210. The zero-order valence-corrected chi connectivity index (χ0v) is 15.3. The first-order valence-electron chi connectivity index (χ1n) is 8.50. The minimum atomic E-state index is -0.486. The third-order valence-corrected chi connectivity index (χ3v) is 4.01. The van der Waals surface area contributed by atoms with Gasteiger partial charge in [-0.2, -0.15) is 10.2 Å². The molecule has 7 nitrogen and oxygen atoms in total. The number of carbonyl (C=O) groups excluding carboxylic acids is 1. The van der Waals surface area contributed by atoms with Gasteiger partial charge in [0, 0.05) is 5.39 Å². The van der Waals surface area contributed by atoms with Gasteiger partial charge in [-0.15, -0.1) is 0 Å². The molecule has 0 atom stereocenters. The number of rotatable bonds is 5. The SMILES string of the molecule is COc1cccc(/C=N\NC(=O)c2nn(C(C)C)c(=O)c3ccccc23)c1. The lowest BCUT2D eigenvalue weighted by Crippen LogP contribution is -2.30. The van der Waals surface area contributed by atoms with E-state index in [4.69, 9.17) is 4.74 Å². The molecule has 0 saturated heterocycles. The molecule has 0 fully saturated rings. The Bertz CT molecular complexity index is 1070. The van der Waals surface area contributed by atoms with Crippen molar-refractivity contribution < 1.29 is 9.53 Å². The molecule has 1 heterocycles. The van der Waals surface area contributed by atoms with Gasteiger partial charge in [0.25, 0.3) is 11.5 Å². The Kier molecular flexibility index (Phi) is 5.30. The van der Waals surface area contributed by atoms with Crippen LogP contribution in [0, 0.1) is 0 Å². The van der Waals surface area contributed by atoms with Crippen LogP contribution in [0.3, 0.4) is 0 Å². The number of fused-ring (bicyclic) bond motifs is 1. The Morgan fingerprint density at radius 1 is 1.19 bits per heavy atom. The van der Waals surface area contributed by atoms with Crippen molar-refractivity contribution >= 4 is 22.9 Å². The highest BCUT2D eigenvalue weighted by atomic mass is 16.5. The van der Waals surface area contributed by atoms with E-state index in [1.54, 1.807) is 37.4 Å². The van der Waals surface area contributed by atoms with Crippen LogP contribution in [0.1, 0.15) is 35.9 Å². The summed E-state index contributed by atoms with van der Waals surface area (Å²) < 4.78 is 6.46. The number of benzene rings is 2. The Morgan fingerprint density at radius 3 is 2.63 bits per heavy atom. The molecule has 3 rings (SSSR count). The second kappa shape index (κ2) is 7.82. The van der Waals surface area contributed by atoms with Gasteiger partial charge < -0.3 is 4.74 Å². The molecular formula is C20H20N4O3. The average Bonchev–Trinajstić information content (AvgIpc) is 2.68. The average molecular weight is 364 g/mol. The molecular weight excluding hydrogens is 344 g/mol. The number of amides is 1. The van der Waals surface area contributed by atoms with Gasteiger partial charge >= 0.3 is 0 Å². The summed E-state index contributed by atoms with van der Waals surface area (Å²) in [6, 6.07) is 14.0. The number of nitrogens with one attached hydrogen (secondary N) is 1. The molecule has 1 amide bonds. The van der Waals surface area contributed by atoms with Gasteiger partial charge in [0.15, 0.2) is 5.69 Å². The zero-order chi connectivity index (χ0) is 19.4. The van der Waals surface area contributed by atoms with E-state index in [0.717, 1.165) is 5.56 Å². The van der Waals surface area contributed by atoms with E-state index < -0.39 is 5.91 Å². The summed E-state index contributed by atoms with van der Waals surface area (Å²) in [6.07, 6.45) is 1.51. The molecule has 0 aliphatic heterocycles. The predicted octanol–water partition coefficient (Wildman–Crippen LogP) is 2.75. The van der Waals surface area contributed by atoms with Gasteiger partial charge in [-0.3, -0.25) is 9.59 Å². The first-order valence-corrected chi connectivity index (χ1v) is 8.50. The third-order valence-electron chi connectivity index (χ3n) is 4.01. The van der Waals surface area contributed by atoms with Crippen LogP contribution >= 0.6 is 0 Å². The topological polar surface area (TPSA) is 85.6 Å². The van der Waals surface area contributed by atoms with E-state index in [0.29, 0.717) is 16.5 Å². The van der Waals surface area contributed by atoms with Crippen LogP contribution < -0.4 is 15.7 Å². The Morgan fingerprint density at radius 2 is 1.93 bits per heavy atom. The van der Waals surface area contributed by atoms with Gasteiger partial charge in [-0.05, 0) is 37.6 Å². The van der Waals surface area contributed by atoms with E-state index in [-0.39, 0.29) is 17.3 Å². The van der Waals surface area contributed by atoms with E-state index in [1.165, 1.54) is 10.9 Å². The van der Waals surface area contributed by atoms with Crippen LogP contribution in [0.5, 0.6) is 5.75 Å². The molecule has 138 valence electrons. The van der Waals surface area contributed by atoms with Gasteiger partial charge in [-0.1, -0.05) is 30.3 Å². The highest BCUT2D eigenvalue weighted by Gasteiger charge is 2.17. The first kappa shape index (κ1) is 18.3. The monoisotopic (exact) mass is 364 g/mol. The van der Waals surface area contributed by atoms with Crippen LogP contribution in [0.2, 0.25) is 0 Å². The normalized spacial score (nSPS) is 11.3. The summed E-state index contributed by atoms with van der Waals surface area (Å²) in [4.78, 5) is 25.2. The largest absolute Gasteiger partial charge is 0.497 e. The van der Waals surface area contributed by atoms with Crippen molar-refractivity contribution in [2.45, 2.75) is 19.9 Å². The van der Waals surface area contributed by atoms with Crippen molar-refractivity contribution in [2.75, 3.05) is 7.11 Å².